The number of carbonyl (C=O) groups is 3. The fourth-order valence-corrected chi connectivity index (χ4v) is 2.96. The molecule has 0 saturated carbocycles. The number of hydrogen-bond acceptors (Lipinski definition) is 5. The van der Waals surface area contributed by atoms with E-state index < -0.39 is 23.9 Å². The molecule has 0 aliphatic carbocycles. The van der Waals surface area contributed by atoms with Crippen molar-refractivity contribution in [3.63, 3.8) is 0 Å². The van der Waals surface area contributed by atoms with E-state index in [0.717, 1.165) is 5.56 Å². The van der Waals surface area contributed by atoms with E-state index in [1.807, 2.05) is 30.3 Å². The SMILES string of the molecule is NC(=O)[C@H](Cc1c[nH]cn1)NC(=O)[C@H](Cc1ccccc1)NC(=O)Cc1c[nH]cn1. The summed E-state index contributed by atoms with van der Waals surface area (Å²) in [5, 5.41) is 5.36. The normalized spacial score (nSPS) is 12.7. The Morgan fingerprint density at radius 3 is 2.17 bits per heavy atom. The number of hydrogen-bond donors (Lipinski definition) is 5. The number of imidazole rings is 2. The topological polar surface area (TPSA) is 159 Å². The van der Waals surface area contributed by atoms with Crippen LogP contribution in [0.3, 0.4) is 0 Å². The second-order valence-corrected chi connectivity index (χ2v) is 6.78. The number of H-pyrrole nitrogens is 2. The van der Waals surface area contributed by atoms with Gasteiger partial charge in [0.25, 0.3) is 0 Å². The maximum atomic E-state index is 12.9. The van der Waals surface area contributed by atoms with Gasteiger partial charge in [0.1, 0.15) is 12.1 Å². The molecular weight excluding hydrogens is 386 g/mol. The lowest BCUT2D eigenvalue weighted by Gasteiger charge is -2.22. The van der Waals surface area contributed by atoms with Gasteiger partial charge in [-0.3, -0.25) is 14.4 Å². The second-order valence-electron chi connectivity index (χ2n) is 6.78. The van der Waals surface area contributed by atoms with Crippen LogP contribution in [0.2, 0.25) is 0 Å². The first-order chi connectivity index (χ1) is 14.5. The molecule has 0 saturated heterocycles. The molecule has 3 rings (SSSR count). The van der Waals surface area contributed by atoms with Gasteiger partial charge in [-0.05, 0) is 5.56 Å². The van der Waals surface area contributed by atoms with E-state index in [4.69, 9.17) is 5.73 Å². The third kappa shape index (κ3) is 6.03. The number of aromatic amines is 2. The van der Waals surface area contributed by atoms with Gasteiger partial charge in [-0.1, -0.05) is 30.3 Å². The Labute approximate surface area is 172 Å². The molecule has 0 unspecified atom stereocenters. The van der Waals surface area contributed by atoms with E-state index >= 15 is 0 Å². The molecule has 2 atom stereocenters. The molecule has 10 heteroatoms. The van der Waals surface area contributed by atoms with Gasteiger partial charge in [-0.15, -0.1) is 0 Å². The summed E-state index contributed by atoms with van der Waals surface area (Å²) in [5.74, 6) is -1.55. The minimum absolute atomic E-state index is 0.0224. The van der Waals surface area contributed by atoms with Crippen molar-refractivity contribution >= 4 is 17.7 Å². The highest BCUT2D eigenvalue weighted by molar-refractivity contribution is 5.92. The Kier molecular flexibility index (Phi) is 6.93. The van der Waals surface area contributed by atoms with Crippen molar-refractivity contribution in [2.75, 3.05) is 0 Å². The van der Waals surface area contributed by atoms with E-state index in [9.17, 15) is 14.4 Å². The first kappa shape index (κ1) is 20.8. The molecule has 0 bridgehead atoms. The average Bonchev–Trinajstić information content (AvgIpc) is 3.42. The Bertz CT molecular complexity index is 956. The Hall–Kier alpha value is -3.95. The number of primary amides is 1. The Morgan fingerprint density at radius 1 is 0.900 bits per heavy atom. The number of amides is 3. The van der Waals surface area contributed by atoms with E-state index in [-0.39, 0.29) is 25.2 Å². The number of nitrogens with two attached hydrogens (primary N) is 1. The third-order valence-corrected chi connectivity index (χ3v) is 4.46. The summed E-state index contributed by atoms with van der Waals surface area (Å²) < 4.78 is 0. The van der Waals surface area contributed by atoms with Crippen molar-refractivity contribution in [2.45, 2.75) is 31.3 Å². The van der Waals surface area contributed by atoms with Gasteiger partial charge < -0.3 is 26.3 Å². The van der Waals surface area contributed by atoms with E-state index in [1.54, 1.807) is 12.4 Å². The zero-order valence-corrected chi connectivity index (χ0v) is 16.2. The molecule has 3 amide bonds. The number of benzene rings is 1. The lowest BCUT2D eigenvalue weighted by atomic mass is 10.0. The molecule has 6 N–H and O–H groups in total. The van der Waals surface area contributed by atoms with Gasteiger partial charge in [0.15, 0.2) is 0 Å². The minimum Gasteiger partial charge on any atom is -0.368 e. The molecule has 2 heterocycles. The highest BCUT2D eigenvalue weighted by Crippen LogP contribution is 2.06. The number of rotatable bonds is 10. The van der Waals surface area contributed by atoms with Crippen LogP contribution < -0.4 is 16.4 Å². The maximum absolute atomic E-state index is 12.9. The molecule has 1 aromatic carbocycles. The van der Waals surface area contributed by atoms with Crippen LogP contribution in [0.15, 0.2) is 55.4 Å². The van der Waals surface area contributed by atoms with Crippen molar-refractivity contribution in [3.8, 4) is 0 Å². The van der Waals surface area contributed by atoms with Crippen LogP contribution in [0.4, 0.5) is 0 Å². The molecule has 0 radical (unpaired) electrons. The largest absolute Gasteiger partial charge is 0.368 e. The quantitative estimate of drug-likeness (QED) is 0.308. The molecule has 0 fully saturated rings. The van der Waals surface area contributed by atoms with Crippen LogP contribution in [-0.2, 0) is 33.6 Å². The smallest absolute Gasteiger partial charge is 0.243 e. The summed E-state index contributed by atoms with van der Waals surface area (Å²) in [6.07, 6.45) is 6.60. The fraction of sp³-hybridized carbons (Fsp3) is 0.250. The Balaban J connectivity index is 1.70. The summed E-state index contributed by atoms with van der Waals surface area (Å²) >= 11 is 0. The monoisotopic (exact) mass is 409 g/mol. The number of carbonyl (C=O) groups excluding carboxylic acids is 3. The zero-order valence-electron chi connectivity index (χ0n) is 16.2. The predicted octanol–water partition coefficient (Wildman–Crippen LogP) is -0.384. The minimum atomic E-state index is -0.956. The van der Waals surface area contributed by atoms with E-state index in [1.165, 1.54) is 12.7 Å². The van der Waals surface area contributed by atoms with Gasteiger partial charge in [0, 0.05) is 25.2 Å². The fourth-order valence-electron chi connectivity index (χ4n) is 2.96. The molecule has 2 aromatic heterocycles. The van der Waals surface area contributed by atoms with Crippen LogP contribution in [0.25, 0.3) is 0 Å². The molecule has 156 valence electrons. The van der Waals surface area contributed by atoms with Crippen LogP contribution >= 0.6 is 0 Å². The van der Waals surface area contributed by atoms with Gasteiger partial charge >= 0.3 is 0 Å². The van der Waals surface area contributed by atoms with Gasteiger partial charge in [0.05, 0.1) is 30.5 Å². The summed E-state index contributed by atoms with van der Waals surface area (Å²) in [5.41, 5.74) is 7.46. The van der Waals surface area contributed by atoms with Gasteiger partial charge in [0.2, 0.25) is 17.7 Å². The molecule has 3 aromatic rings. The van der Waals surface area contributed by atoms with Crippen molar-refractivity contribution in [3.05, 3.63) is 72.3 Å². The predicted molar refractivity (Wildman–Crippen MR) is 108 cm³/mol. The zero-order chi connectivity index (χ0) is 21.3. The summed E-state index contributed by atoms with van der Waals surface area (Å²) in [6, 6.07) is 7.42. The molecule has 0 aliphatic heterocycles. The number of nitrogens with zero attached hydrogens (tertiary/aromatic N) is 2. The summed E-state index contributed by atoms with van der Waals surface area (Å²) in [6.45, 7) is 0. The second kappa shape index (κ2) is 10.0. The third-order valence-electron chi connectivity index (χ3n) is 4.46. The van der Waals surface area contributed by atoms with Gasteiger partial charge in [-0.25, -0.2) is 9.97 Å². The molecule has 0 spiro atoms. The average molecular weight is 409 g/mol. The molecule has 0 aliphatic rings. The molecular formula is C20H23N7O3. The van der Waals surface area contributed by atoms with Crippen LogP contribution in [0.1, 0.15) is 17.0 Å². The maximum Gasteiger partial charge on any atom is 0.243 e. The van der Waals surface area contributed by atoms with E-state index in [0.29, 0.717) is 11.4 Å². The number of aromatic nitrogens is 4. The van der Waals surface area contributed by atoms with Crippen molar-refractivity contribution in [1.82, 2.24) is 30.6 Å². The highest BCUT2D eigenvalue weighted by atomic mass is 16.2. The first-order valence-electron chi connectivity index (χ1n) is 9.39. The van der Waals surface area contributed by atoms with Crippen LogP contribution in [-0.4, -0.2) is 49.7 Å². The lowest BCUT2D eigenvalue weighted by molar-refractivity contribution is -0.131. The van der Waals surface area contributed by atoms with Crippen LogP contribution in [0.5, 0.6) is 0 Å². The number of nitrogens with one attached hydrogen (secondary N) is 4. The summed E-state index contributed by atoms with van der Waals surface area (Å²) in [4.78, 5) is 50.9. The van der Waals surface area contributed by atoms with E-state index in [2.05, 4.69) is 30.6 Å². The standard InChI is InChI=1S/C20H23N7O3/c21-19(29)16(7-14-9-22-11-24-14)27-20(30)17(6-13-4-2-1-3-5-13)26-18(28)8-15-10-23-12-25-15/h1-5,9-12,16-17H,6-8H2,(H2,21,29)(H,22,24)(H,23,25)(H,26,28)(H,27,30)/t16-,17-/m0/s1. The van der Waals surface area contributed by atoms with Gasteiger partial charge in [-0.2, -0.15) is 0 Å². The molecule has 30 heavy (non-hydrogen) atoms. The van der Waals surface area contributed by atoms with Crippen molar-refractivity contribution < 1.29 is 14.4 Å². The van der Waals surface area contributed by atoms with Crippen molar-refractivity contribution in [2.24, 2.45) is 5.73 Å². The molecule has 10 nitrogen and oxygen atoms in total. The highest BCUT2D eigenvalue weighted by Gasteiger charge is 2.26. The first-order valence-corrected chi connectivity index (χ1v) is 9.39. The van der Waals surface area contributed by atoms with Crippen LogP contribution in [0, 0.1) is 0 Å². The van der Waals surface area contributed by atoms with Crippen molar-refractivity contribution in [1.29, 1.82) is 0 Å². The summed E-state index contributed by atoms with van der Waals surface area (Å²) in [7, 11) is 0. The Morgan fingerprint density at radius 2 is 1.57 bits per heavy atom. The lowest BCUT2D eigenvalue weighted by Crippen LogP contribution is -2.54.